The smallest absolute Gasteiger partial charge is 0.327 e. The molecule has 5 nitrogen and oxygen atoms in total. The Bertz CT molecular complexity index is 244. The molecule has 0 aromatic carbocycles. The topological polar surface area (TPSA) is 55.8 Å². The fourth-order valence-corrected chi connectivity index (χ4v) is 1.98. The van der Waals surface area contributed by atoms with Gasteiger partial charge in [-0.2, -0.15) is 0 Å². The van der Waals surface area contributed by atoms with Gasteiger partial charge in [0.25, 0.3) is 0 Å². The second-order valence-corrected chi connectivity index (χ2v) is 4.00. The number of carbonyl (C=O) groups is 2. The molecule has 0 aromatic rings. The molecule has 2 heterocycles. The summed E-state index contributed by atoms with van der Waals surface area (Å²) in [5, 5.41) is 0. The second kappa shape index (κ2) is 4.72. The van der Waals surface area contributed by atoms with Gasteiger partial charge in [0.2, 0.25) is 0 Å². The first-order chi connectivity index (χ1) is 7.24. The van der Waals surface area contributed by atoms with E-state index >= 15 is 0 Å². The van der Waals surface area contributed by atoms with Gasteiger partial charge in [-0.05, 0) is 19.3 Å². The standard InChI is InChI=1S/C10H15NO4/c12-9-6-11(7-10(13)15-9)5-8-3-1-2-4-14-8/h8H,1-7H2. The maximum atomic E-state index is 11.0. The van der Waals surface area contributed by atoms with Crippen molar-refractivity contribution in [2.45, 2.75) is 25.4 Å². The Morgan fingerprint density at radius 1 is 1.20 bits per heavy atom. The third kappa shape index (κ3) is 3.00. The number of morpholine rings is 1. The molecular formula is C10H15NO4. The van der Waals surface area contributed by atoms with Crippen LogP contribution in [0.15, 0.2) is 0 Å². The Morgan fingerprint density at radius 3 is 2.53 bits per heavy atom. The summed E-state index contributed by atoms with van der Waals surface area (Å²) in [6.45, 7) is 1.84. The number of hydrogen-bond acceptors (Lipinski definition) is 5. The summed E-state index contributed by atoms with van der Waals surface area (Å²) in [6, 6.07) is 0. The Hall–Kier alpha value is -0.940. The molecule has 0 radical (unpaired) electrons. The van der Waals surface area contributed by atoms with Crippen molar-refractivity contribution >= 4 is 11.9 Å². The third-order valence-corrected chi connectivity index (χ3v) is 2.67. The molecule has 2 aliphatic heterocycles. The largest absolute Gasteiger partial charge is 0.391 e. The van der Waals surface area contributed by atoms with Gasteiger partial charge in [-0.25, -0.2) is 0 Å². The van der Waals surface area contributed by atoms with Gasteiger partial charge in [-0.15, -0.1) is 0 Å². The number of nitrogens with zero attached hydrogens (tertiary/aromatic N) is 1. The van der Waals surface area contributed by atoms with Crippen molar-refractivity contribution in [2.24, 2.45) is 0 Å². The highest BCUT2D eigenvalue weighted by atomic mass is 16.6. The SMILES string of the molecule is O=C1CN(CC2CCCCO2)CC(=O)O1. The molecule has 5 heteroatoms. The second-order valence-electron chi connectivity index (χ2n) is 4.00. The summed E-state index contributed by atoms with van der Waals surface area (Å²) in [4.78, 5) is 23.8. The number of cyclic esters (lactones) is 2. The van der Waals surface area contributed by atoms with Crippen LogP contribution in [0.3, 0.4) is 0 Å². The molecule has 0 N–H and O–H groups in total. The van der Waals surface area contributed by atoms with Gasteiger partial charge in [0.05, 0.1) is 19.2 Å². The van der Waals surface area contributed by atoms with E-state index in [1.54, 1.807) is 4.90 Å². The van der Waals surface area contributed by atoms with Crippen molar-refractivity contribution in [1.82, 2.24) is 4.90 Å². The minimum atomic E-state index is -0.456. The molecule has 84 valence electrons. The van der Waals surface area contributed by atoms with Crippen molar-refractivity contribution in [1.29, 1.82) is 0 Å². The summed E-state index contributed by atoms with van der Waals surface area (Å²) < 4.78 is 9.99. The van der Waals surface area contributed by atoms with Gasteiger partial charge in [-0.1, -0.05) is 0 Å². The highest BCUT2D eigenvalue weighted by Gasteiger charge is 2.27. The molecule has 0 saturated carbocycles. The van der Waals surface area contributed by atoms with E-state index in [0.717, 1.165) is 25.9 Å². The maximum absolute atomic E-state index is 11.0. The lowest BCUT2D eigenvalue weighted by Crippen LogP contribution is -2.46. The molecule has 2 rings (SSSR count). The lowest BCUT2D eigenvalue weighted by molar-refractivity contribution is -0.167. The average Bonchev–Trinajstić information content (AvgIpc) is 2.17. The first-order valence-corrected chi connectivity index (χ1v) is 5.31. The van der Waals surface area contributed by atoms with Gasteiger partial charge in [-0.3, -0.25) is 14.5 Å². The number of ether oxygens (including phenoxy) is 2. The van der Waals surface area contributed by atoms with Crippen LogP contribution in [-0.2, 0) is 19.1 Å². The van der Waals surface area contributed by atoms with Crippen LogP contribution in [0, 0.1) is 0 Å². The van der Waals surface area contributed by atoms with E-state index in [2.05, 4.69) is 4.74 Å². The van der Waals surface area contributed by atoms with E-state index in [-0.39, 0.29) is 19.2 Å². The Morgan fingerprint density at radius 2 is 1.93 bits per heavy atom. The van der Waals surface area contributed by atoms with Crippen LogP contribution in [0.5, 0.6) is 0 Å². The third-order valence-electron chi connectivity index (χ3n) is 2.67. The lowest BCUT2D eigenvalue weighted by Gasteiger charge is -2.30. The van der Waals surface area contributed by atoms with Crippen LogP contribution in [0.25, 0.3) is 0 Å². The summed E-state index contributed by atoms with van der Waals surface area (Å²) in [7, 11) is 0. The van der Waals surface area contributed by atoms with Crippen molar-refractivity contribution in [3.05, 3.63) is 0 Å². The zero-order chi connectivity index (χ0) is 10.7. The molecule has 1 atom stereocenters. The van der Waals surface area contributed by atoms with E-state index in [9.17, 15) is 9.59 Å². The monoisotopic (exact) mass is 213 g/mol. The normalized spacial score (nSPS) is 28.9. The molecule has 0 bridgehead atoms. The van der Waals surface area contributed by atoms with Crippen LogP contribution >= 0.6 is 0 Å². The molecule has 0 aromatic heterocycles. The first kappa shape index (κ1) is 10.6. The van der Waals surface area contributed by atoms with Gasteiger partial charge in [0.15, 0.2) is 0 Å². The van der Waals surface area contributed by atoms with Gasteiger partial charge in [0, 0.05) is 13.2 Å². The van der Waals surface area contributed by atoms with E-state index in [1.165, 1.54) is 0 Å². The van der Waals surface area contributed by atoms with E-state index in [4.69, 9.17) is 4.74 Å². The fraction of sp³-hybridized carbons (Fsp3) is 0.800. The number of esters is 2. The molecule has 0 aliphatic carbocycles. The molecule has 2 fully saturated rings. The van der Waals surface area contributed by atoms with Gasteiger partial charge < -0.3 is 9.47 Å². The molecule has 2 aliphatic rings. The molecule has 2 saturated heterocycles. The molecule has 1 unspecified atom stereocenters. The zero-order valence-corrected chi connectivity index (χ0v) is 8.61. The van der Waals surface area contributed by atoms with Gasteiger partial charge in [0.1, 0.15) is 0 Å². The van der Waals surface area contributed by atoms with Crippen LogP contribution in [0.4, 0.5) is 0 Å². The zero-order valence-electron chi connectivity index (χ0n) is 8.61. The Balaban J connectivity index is 1.82. The number of rotatable bonds is 2. The van der Waals surface area contributed by atoms with Crippen LogP contribution in [-0.4, -0.2) is 49.2 Å². The maximum Gasteiger partial charge on any atom is 0.327 e. The van der Waals surface area contributed by atoms with E-state index in [0.29, 0.717) is 6.54 Å². The fourth-order valence-electron chi connectivity index (χ4n) is 1.98. The van der Waals surface area contributed by atoms with Crippen LogP contribution < -0.4 is 0 Å². The van der Waals surface area contributed by atoms with Crippen molar-refractivity contribution < 1.29 is 19.1 Å². The number of hydrogen-bond donors (Lipinski definition) is 0. The highest BCUT2D eigenvalue weighted by Crippen LogP contribution is 2.14. The molecule has 0 spiro atoms. The predicted molar refractivity (Wildman–Crippen MR) is 51.1 cm³/mol. The quantitative estimate of drug-likeness (QED) is 0.475. The highest BCUT2D eigenvalue weighted by molar-refractivity contribution is 5.90. The summed E-state index contributed by atoms with van der Waals surface area (Å²) in [5.41, 5.74) is 0. The lowest BCUT2D eigenvalue weighted by atomic mass is 10.1. The summed E-state index contributed by atoms with van der Waals surface area (Å²) in [6.07, 6.45) is 3.45. The van der Waals surface area contributed by atoms with Crippen molar-refractivity contribution in [2.75, 3.05) is 26.2 Å². The minimum Gasteiger partial charge on any atom is -0.391 e. The van der Waals surface area contributed by atoms with Crippen LogP contribution in [0.1, 0.15) is 19.3 Å². The predicted octanol–water partition coefficient (Wildman–Crippen LogP) is -0.0591. The Labute approximate surface area is 88.3 Å². The minimum absolute atomic E-state index is 0.164. The first-order valence-electron chi connectivity index (χ1n) is 5.31. The van der Waals surface area contributed by atoms with E-state index < -0.39 is 11.9 Å². The van der Waals surface area contributed by atoms with Crippen molar-refractivity contribution in [3.8, 4) is 0 Å². The van der Waals surface area contributed by atoms with Crippen LogP contribution in [0.2, 0.25) is 0 Å². The molecule has 0 amide bonds. The Kier molecular flexibility index (Phi) is 3.33. The number of carbonyl (C=O) groups excluding carboxylic acids is 2. The van der Waals surface area contributed by atoms with Gasteiger partial charge >= 0.3 is 11.9 Å². The molecule has 15 heavy (non-hydrogen) atoms. The summed E-state index contributed by atoms with van der Waals surface area (Å²) >= 11 is 0. The van der Waals surface area contributed by atoms with Crippen molar-refractivity contribution in [3.63, 3.8) is 0 Å². The van der Waals surface area contributed by atoms with E-state index in [1.807, 2.05) is 0 Å². The summed E-state index contributed by atoms with van der Waals surface area (Å²) in [5.74, 6) is -0.913. The molecular weight excluding hydrogens is 198 g/mol. The average molecular weight is 213 g/mol.